The first-order chi connectivity index (χ1) is 7.95. The third-order valence-corrected chi connectivity index (χ3v) is 3.34. The van der Waals surface area contributed by atoms with Crippen LogP contribution >= 0.6 is 11.3 Å². The van der Waals surface area contributed by atoms with E-state index in [4.69, 9.17) is 0 Å². The van der Waals surface area contributed by atoms with Gasteiger partial charge in [0, 0.05) is 4.88 Å². The fourth-order valence-corrected chi connectivity index (χ4v) is 2.30. The molecule has 82 valence electrons. The lowest BCUT2D eigenvalue weighted by molar-refractivity contribution is 0.845. The molecule has 0 aliphatic heterocycles. The van der Waals surface area contributed by atoms with Crippen LogP contribution < -0.4 is 0 Å². The number of aryl methyl sites for hydroxylation is 1. The van der Waals surface area contributed by atoms with Gasteiger partial charge in [-0.2, -0.15) is 0 Å². The number of rotatable bonds is 5. The molecule has 16 heavy (non-hydrogen) atoms. The molecule has 0 N–H and O–H groups in total. The lowest BCUT2D eigenvalue weighted by Gasteiger charge is -1.97. The second kappa shape index (κ2) is 6.29. The number of hydrogen-bond donors (Lipinski definition) is 0. The molecule has 0 saturated carbocycles. The summed E-state index contributed by atoms with van der Waals surface area (Å²) in [5.74, 6) is 0. The predicted octanol–water partition coefficient (Wildman–Crippen LogP) is 4.78. The third-order valence-electron chi connectivity index (χ3n) is 2.50. The zero-order chi connectivity index (χ0) is 11.1. The molecule has 0 fully saturated rings. The van der Waals surface area contributed by atoms with E-state index in [9.17, 15) is 0 Å². The molecular weight excluding hydrogens is 212 g/mol. The van der Waals surface area contributed by atoms with Gasteiger partial charge in [-0.25, -0.2) is 0 Å². The van der Waals surface area contributed by atoms with Gasteiger partial charge in [-0.3, -0.25) is 0 Å². The predicted molar refractivity (Wildman–Crippen MR) is 72.7 cm³/mol. The molecule has 0 saturated heterocycles. The Morgan fingerprint density at radius 1 is 1.00 bits per heavy atom. The van der Waals surface area contributed by atoms with E-state index in [1.807, 2.05) is 0 Å². The van der Waals surface area contributed by atoms with Crippen LogP contribution in [0.3, 0.4) is 0 Å². The first-order valence-electron chi connectivity index (χ1n) is 5.69. The Morgan fingerprint density at radius 3 is 2.62 bits per heavy atom. The van der Waals surface area contributed by atoms with Crippen molar-refractivity contribution in [1.29, 1.82) is 0 Å². The van der Waals surface area contributed by atoms with Crippen molar-refractivity contribution in [2.45, 2.75) is 19.3 Å². The van der Waals surface area contributed by atoms with Gasteiger partial charge < -0.3 is 0 Å². The second-order valence-electron chi connectivity index (χ2n) is 3.80. The topological polar surface area (TPSA) is 0 Å². The Balaban J connectivity index is 1.69. The van der Waals surface area contributed by atoms with E-state index in [2.05, 4.69) is 60.0 Å². The number of allylic oxidation sites excluding steroid dienone is 1. The summed E-state index contributed by atoms with van der Waals surface area (Å²) in [6, 6.07) is 14.9. The Bertz CT molecular complexity index is 412. The summed E-state index contributed by atoms with van der Waals surface area (Å²) in [5, 5.41) is 2.11. The molecule has 0 aliphatic rings. The molecule has 0 unspecified atom stereocenters. The molecule has 2 rings (SSSR count). The molecule has 0 nitrogen and oxygen atoms in total. The standard InChI is InChI=1S/C15H16S/c1-3-8-14(9-4-1)10-5-2-6-11-15-12-7-13-16-15/h1,3-4,6-9,11-13H,2,5,10H2/b11-6+. The zero-order valence-corrected chi connectivity index (χ0v) is 10.1. The Kier molecular flexibility index (Phi) is 4.38. The van der Waals surface area contributed by atoms with Gasteiger partial charge in [0.25, 0.3) is 0 Å². The van der Waals surface area contributed by atoms with Gasteiger partial charge in [-0.15, -0.1) is 11.3 Å². The first kappa shape index (κ1) is 11.2. The molecule has 0 radical (unpaired) electrons. The van der Waals surface area contributed by atoms with E-state index in [-0.39, 0.29) is 0 Å². The van der Waals surface area contributed by atoms with Crippen molar-refractivity contribution < 1.29 is 0 Å². The van der Waals surface area contributed by atoms with Crippen molar-refractivity contribution in [3.63, 3.8) is 0 Å². The molecular formula is C15H16S. The lowest BCUT2D eigenvalue weighted by Crippen LogP contribution is -1.82. The first-order valence-corrected chi connectivity index (χ1v) is 6.57. The summed E-state index contributed by atoms with van der Waals surface area (Å²) < 4.78 is 0. The minimum atomic E-state index is 1.16. The van der Waals surface area contributed by atoms with Gasteiger partial charge in [0.05, 0.1) is 0 Å². The fourth-order valence-electron chi connectivity index (χ4n) is 1.65. The summed E-state index contributed by atoms with van der Waals surface area (Å²) in [6.07, 6.45) is 8.05. The van der Waals surface area contributed by atoms with Gasteiger partial charge >= 0.3 is 0 Å². The maximum absolute atomic E-state index is 2.27. The monoisotopic (exact) mass is 228 g/mol. The van der Waals surface area contributed by atoms with Crippen LogP contribution in [0, 0.1) is 0 Å². The minimum Gasteiger partial charge on any atom is -0.144 e. The highest BCUT2D eigenvalue weighted by molar-refractivity contribution is 7.10. The second-order valence-corrected chi connectivity index (χ2v) is 4.77. The van der Waals surface area contributed by atoms with Gasteiger partial charge in [0.2, 0.25) is 0 Å². The van der Waals surface area contributed by atoms with Crippen molar-refractivity contribution in [2.24, 2.45) is 0 Å². The molecule has 0 aliphatic carbocycles. The number of thiophene rings is 1. The van der Waals surface area contributed by atoms with Crippen LogP contribution in [0.25, 0.3) is 6.08 Å². The summed E-state index contributed by atoms with van der Waals surface area (Å²) >= 11 is 1.79. The molecule has 1 heterocycles. The van der Waals surface area contributed by atoms with Crippen LogP contribution in [0.1, 0.15) is 23.3 Å². The number of benzene rings is 1. The number of unbranched alkanes of at least 4 members (excludes halogenated alkanes) is 1. The Hall–Kier alpha value is -1.34. The Morgan fingerprint density at radius 2 is 1.88 bits per heavy atom. The highest BCUT2D eigenvalue weighted by atomic mass is 32.1. The zero-order valence-electron chi connectivity index (χ0n) is 9.30. The van der Waals surface area contributed by atoms with Crippen molar-refractivity contribution >= 4 is 17.4 Å². The molecule has 1 aromatic carbocycles. The minimum absolute atomic E-state index is 1.16. The smallest absolute Gasteiger partial charge is 0.0267 e. The van der Waals surface area contributed by atoms with Crippen LogP contribution in [0.4, 0.5) is 0 Å². The highest BCUT2D eigenvalue weighted by Crippen LogP contribution is 2.11. The van der Waals surface area contributed by atoms with E-state index in [1.165, 1.54) is 23.3 Å². The van der Waals surface area contributed by atoms with Crippen LogP contribution in [0.15, 0.2) is 53.9 Å². The van der Waals surface area contributed by atoms with E-state index in [1.54, 1.807) is 11.3 Å². The summed E-state index contributed by atoms with van der Waals surface area (Å²) in [5.41, 5.74) is 1.44. The van der Waals surface area contributed by atoms with E-state index >= 15 is 0 Å². The van der Waals surface area contributed by atoms with Crippen molar-refractivity contribution in [3.05, 3.63) is 64.4 Å². The van der Waals surface area contributed by atoms with Gasteiger partial charge in [-0.1, -0.05) is 42.5 Å². The van der Waals surface area contributed by atoms with E-state index in [0.29, 0.717) is 0 Å². The highest BCUT2D eigenvalue weighted by Gasteiger charge is 1.90. The van der Waals surface area contributed by atoms with E-state index in [0.717, 1.165) is 6.42 Å². The fraction of sp³-hybridized carbons (Fsp3) is 0.200. The van der Waals surface area contributed by atoms with Crippen molar-refractivity contribution in [1.82, 2.24) is 0 Å². The van der Waals surface area contributed by atoms with Crippen LogP contribution in [0.5, 0.6) is 0 Å². The number of hydrogen-bond acceptors (Lipinski definition) is 1. The average Bonchev–Trinajstić information content (AvgIpc) is 2.83. The molecule has 2 aromatic rings. The van der Waals surface area contributed by atoms with Crippen LogP contribution in [0.2, 0.25) is 0 Å². The molecule has 0 bridgehead atoms. The summed E-state index contributed by atoms with van der Waals surface area (Å²) in [4.78, 5) is 1.35. The van der Waals surface area contributed by atoms with Crippen LogP contribution in [-0.4, -0.2) is 0 Å². The molecule has 1 heteroatoms. The normalized spacial score (nSPS) is 11.0. The summed E-state index contributed by atoms with van der Waals surface area (Å²) in [7, 11) is 0. The maximum atomic E-state index is 2.27. The molecule has 1 aromatic heterocycles. The van der Waals surface area contributed by atoms with Gasteiger partial charge in [-0.05, 0) is 42.3 Å². The molecule has 0 amide bonds. The summed E-state index contributed by atoms with van der Waals surface area (Å²) in [6.45, 7) is 0. The third kappa shape index (κ3) is 3.67. The van der Waals surface area contributed by atoms with Crippen molar-refractivity contribution in [2.75, 3.05) is 0 Å². The maximum Gasteiger partial charge on any atom is 0.0267 e. The van der Waals surface area contributed by atoms with Crippen LogP contribution in [-0.2, 0) is 6.42 Å². The van der Waals surface area contributed by atoms with Gasteiger partial charge in [0.1, 0.15) is 0 Å². The quantitative estimate of drug-likeness (QED) is 0.646. The van der Waals surface area contributed by atoms with Crippen molar-refractivity contribution in [3.8, 4) is 0 Å². The largest absolute Gasteiger partial charge is 0.144 e. The average molecular weight is 228 g/mol. The van der Waals surface area contributed by atoms with E-state index < -0.39 is 0 Å². The SMILES string of the molecule is C(=C\c1cccs1)/CCCc1ccccc1. The molecule has 0 atom stereocenters. The lowest BCUT2D eigenvalue weighted by atomic mass is 10.1. The van der Waals surface area contributed by atoms with Gasteiger partial charge in [0.15, 0.2) is 0 Å². The Labute approximate surface area is 101 Å². The molecule has 0 spiro atoms.